The Morgan fingerprint density at radius 3 is 2.52 bits per heavy atom. The first-order chi connectivity index (χ1) is 9.72. The molecule has 0 saturated heterocycles. The fourth-order valence-electron chi connectivity index (χ4n) is 2.46. The number of hydrogen-bond donors (Lipinski definition) is 1. The fourth-order valence-corrected chi connectivity index (χ4v) is 3.81. The lowest BCUT2D eigenvalue weighted by Gasteiger charge is -2.05. The van der Waals surface area contributed by atoms with E-state index in [1.165, 1.54) is 10.7 Å². The fraction of sp³-hybridized carbons (Fsp3) is 0.357. The number of hydrogen-bond acceptors (Lipinski definition) is 4. The van der Waals surface area contributed by atoms with Crippen LogP contribution in [-0.2, 0) is 15.5 Å². The number of halogens is 1. The predicted octanol–water partition coefficient (Wildman–Crippen LogP) is 1.74. The third-order valence-electron chi connectivity index (χ3n) is 3.79. The maximum Gasteiger partial charge on any atom is 0.172 e. The Labute approximate surface area is 122 Å². The van der Waals surface area contributed by atoms with Crippen LogP contribution < -0.4 is 5.73 Å². The first-order valence-corrected chi connectivity index (χ1v) is 8.48. The lowest BCUT2D eigenvalue weighted by molar-refractivity contribution is 0.308. The third-order valence-corrected chi connectivity index (χ3v) is 5.36. The van der Waals surface area contributed by atoms with E-state index < -0.39 is 20.8 Å². The van der Waals surface area contributed by atoms with E-state index in [1.807, 2.05) is 31.2 Å². The van der Waals surface area contributed by atoms with Crippen LogP contribution >= 0.6 is 0 Å². The van der Waals surface area contributed by atoms with Gasteiger partial charge in [0.1, 0.15) is 16.8 Å². The monoisotopic (exact) mass is 309 g/mol. The summed E-state index contributed by atoms with van der Waals surface area (Å²) >= 11 is 0. The van der Waals surface area contributed by atoms with Gasteiger partial charge in [-0.05, 0) is 19.1 Å². The normalized spacial score (nSPS) is 25.0. The second-order valence-corrected chi connectivity index (χ2v) is 7.81. The van der Waals surface area contributed by atoms with Crippen molar-refractivity contribution < 1.29 is 12.8 Å². The van der Waals surface area contributed by atoms with Gasteiger partial charge in [0.05, 0.1) is 5.69 Å². The van der Waals surface area contributed by atoms with Crippen LogP contribution in [0.2, 0.25) is 0 Å². The zero-order valence-corrected chi connectivity index (χ0v) is 12.6. The largest absolute Gasteiger partial charge is 0.384 e. The summed E-state index contributed by atoms with van der Waals surface area (Å²) in [5, 5.41) is 3.14. The topological polar surface area (TPSA) is 78.0 Å². The second-order valence-electron chi connectivity index (χ2n) is 5.59. The maximum absolute atomic E-state index is 14.7. The molecule has 0 amide bonds. The lowest BCUT2D eigenvalue weighted by atomic mass is 10.2. The molecule has 1 aromatic carbocycles. The number of nitrogen functional groups attached to an aromatic ring is 1. The molecule has 1 heterocycles. The molecule has 3 rings (SSSR count). The molecule has 1 aliphatic carbocycles. The molecule has 112 valence electrons. The van der Waals surface area contributed by atoms with Gasteiger partial charge in [0.15, 0.2) is 15.5 Å². The molecule has 2 unspecified atom stereocenters. The summed E-state index contributed by atoms with van der Waals surface area (Å²) in [6.07, 6.45) is 0.982. The molecular formula is C14H16FN3O2S. The number of sulfone groups is 1. The summed E-state index contributed by atoms with van der Waals surface area (Å²) in [6.45, 7) is 1.96. The first-order valence-electron chi connectivity index (χ1n) is 6.52. The van der Waals surface area contributed by atoms with Gasteiger partial charge in [-0.25, -0.2) is 17.5 Å². The summed E-state index contributed by atoms with van der Waals surface area (Å²) in [5.74, 6) is 0.282. The van der Waals surface area contributed by atoms with Crippen LogP contribution in [0.4, 0.5) is 10.2 Å². The van der Waals surface area contributed by atoms with Crippen molar-refractivity contribution in [2.24, 2.45) is 0 Å². The Bertz CT molecular complexity index is 798. The number of aromatic nitrogens is 2. The molecule has 0 radical (unpaired) electrons. The van der Waals surface area contributed by atoms with Gasteiger partial charge in [-0.3, -0.25) is 0 Å². The van der Waals surface area contributed by atoms with Gasteiger partial charge in [0, 0.05) is 18.7 Å². The zero-order chi connectivity index (χ0) is 15.4. The van der Waals surface area contributed by atoms with Gasteiger partial charge in [-0.15, -0.1) is 0 Å². The minimum Gasteiger partial charge on any atom is -0.384 e. The molecule has 1 fully saturated rings. The van der Waals surface area contributed by atoms with Crippen LogP contribution in [0.1, 0.15) is 17.7 Å². The van der Waals surface area contributed by atoms with Crippen LogP contribution in [0, 0.1) is 6.92 Å². The van der Waals surface area contributed by atoms with Crippen LogP contribution in [0.3, 0.4) is 0 Å². The minimum absolute atomic E-state index is 0.0593. The summed E-state index contributed by atoms with van der Waals surface area (Å²) in [7, 11) is -3.42. The van der Waals surface area contributed by atoms with Crippen LogP contribution in [0.15, 0.2) is 30.3 Å². The minimum atomic E-state index is -3.42. The SMILES string of the molecule is Cc1ccc(-n2nc(C3(F)CC3S(C)(=O)=O)cc2N)cc1. The second kappa shape index (κ2) is 4.30. The molecule has 7 heteroatoms. The molecule has 0 aliphatic heterocycles. The molecule has 1 aliphatic rings. The average Bonchev–Trinajstić information content (AvgIpc) is 2.95. The third kappa shape index (κ3) is 2.31. The quantitative estimate of drug-likeness (QED) is 0.937. The molecule has 0 spiro atoms. The molecule has 2 aromatic rings. The standard InChI is InChI=1S/C14H16FN3O2S/c1-9-3-5-10(6-4-9)18-13(16)7-11(17-18)14(15)8-12(14)21(2,19)20/h3-7,12H,8,16H2,1-2H3. The molecule has 0 bridgehead atoms. The Morgan fingerprint density at radius 2 is 2.00 bits per heavy atom. The number of nitrogens with zero attached hydrogens (tertiary/aromatic N) is 2. The van der Waals surface area contributed by atoms with Crippen molar-refractivity contribution in [2.45, 2.75) is 24.3 Å². The van der Waals surface area contributed by atoms with Gasteiger partial charge in [-0.1, -0.05) is 17.7 Å². The number of nitrogens with two attached hydrogens (primary N) is 1. The Morgan fingerprint density at radius 1 is 1.38 bits per heavy atom. The number of benzene rings is 1. The van der Waals surface area contributed by atoms with E-state index in [9.17, 15) is 12.8 Å². The molecule has 2 N–H and O–H groups in total. The number of alkyl halides is 1. The van der Waals surface area contributed by atoms with Gasteiger partial charge in [0.25, 0.3) is 0 Å². The van der Waals surface area contributed by atoms with Crippen molar-refractivity contribution in [2.75, 3.05) is 12.0 Å². The lowest BCUT2D eigenvalue weighted by Crippen LogP contribution is -2.15. The van der Waals surface area contributed by atoms with E-state index >= 15 is 0 Å². The maximum atomic E-state index is 14.7. The highest BCUT2D eigenvalue weighted by atomic mass is 32.2. The van der Waals surface area contributed by atoms with Crippen molar-refractivity contribution in [1.29, 1.82) is 0 Å². The number of anilines is 1. The van der Waals surface area contributed by atoms with Gasteiger partial charge >= 0.3 is 0 Å². The van der Waals surface area contributed by atoms with Gasteiger partial charge < -0.3 is 5.73 Å². The molecule has 1 saturated carbocycles. The molecule has 1 aromatic heterocycles. The Hall–Kier alpha value is -1.89. The highest BCUT2D eigenvalue weighted by Gasteiger charge is 2.64. The van der Waals surface area contributed by atoms with E-state index in [4.69, 9.17) is 5.73 Å². The highest BCUT2D eigenvalue weighted by Crippen LogP contribution is 2.53. The molecular weight excluding hydrogens is 293 g/mol. The first kappa shape index (κ1) is 14.1. The van der Waals surface area contributed by atoms with Crippen LogP contribution in [0.25, 0.3) is 5.69 Å². The van der Waals surface area contributed by atoms with Crippen molar-refractivity contribution in [1.82, 2.24) is 9.78 Å². The molecule has 21 heavy (non-hydrogen) atoms. The van der Waals surface area contributed by atoms with Gasteiger partial charge in [0.2, 0.25) is 0 Å². The van der Waals surface area contributed by atoms with E-state index in [0.717, 1.165) is 11.8 Å². The average molecular weight is 309 g/mol. The number of rotatable bonds is 3. The highest BCUT2D eigenvalue weighted by molar-refractivity contribution is 7.91. The molecule has 5 nitrogen and oxygen atoms in total. The summed E-state index contributed by atoms with van der Waals surface area (Å²) in [5.41, 5.74) is 5.84. The zero-order valence-electron chi connectivity index (χ0n) is 11.7. The Kier molecular flexibility index (Phi) is 2.88. The van der Waals surface area contributed by atoms with Gasteiger partial charge in [-0.2, -0.15) is 5.10 Å². The van der Waals surface area contributed by atoms with E-state index in [-0.39, 0.29) is 17.9 Å². The van der Waals surface area contributed by atoms with Crippen LogP contribution in [-0.4, -0.2) is 29.7 Å². The van der Waals surface area contributed by atoms with Crippen LogP contribution in [0.5, 0.6) is 0 Å². The van der Waals surface area contributed by atoms with Crippen molar-refractivity contribution in [3.05, 3.63) is 41.6 Å². The number of aryl methyl sites for hydroxylation is 1. The van der Waals surface area contributed by atoms with Crippen molar-refractivity contribution in [3.63, 3.8) is 0 Å². The van der Waals surface area contributed by atoms with E-state index in [0.29, 0.717) is 5.69 Å². The van der Waals surface area contributed by atoms with E-state index in [2.05, 4.69) is 5.10 Å². The van der Waals surface area contributed by atoms with Crippen molar-refractivity contribution >= 4 is 15.7 Å². The smallest absolute Gasteiger partial charge is 0.172 e. The van der Waals surface area contributed by atoms with Crippen molar-refractivity contribution in [3.8, 4) is 5.69 Å². The van der Waals surface area contributed by atoms with E-state index in [1.54, 1.807) is 0 Å². The summed E-state index contributed by atoms with van der Waals surface area (Å²) < 4.78 is 39.0. The predicted molar refractivity (Wildman–Crippen MR) is 78.7 cm³/mol. The Balaban J connectivity index is 1.98. The molecule has 2 atom stereocenters. The summed E-state index contributed by atoms with van der Waals surface area (Å²) in [6, 6.07) is 8.86. The summed E-state index contributed by atoms with van der Waals surface area (Å²) in [4.78, 5) is 0.